The zero-order valence-corrected chi connectivity index (χ0v) is 13.5. The van der Waals surface area contributed by atoms with E-state index in [1.165, 1.54) is 12.1 Å². The molecule has 0 bridgehead atoms. The molecule has 0 saturated carbocycles. The first-order valence-electron chi connectivity index (χ1n) is 6.66. The van der Waals surface area contributed by atoms with Gasteiger partial charge >= 0.3 is 11.9 Å². The number of carbonyl (C=O) groups is 2. The van der Waals surface area contributed by atoms with E-state index in [0.29, 0.717) is 5.56 Å². The van der Waals surface area contributed by atoms with Crippen LogP contribution in [0.4, 0.5) is 0 Å². The highest BCUT2D eigenvalue weighted by Gasteiger charge is 2.34. The highest BCUT2D eigenvalue weighted by atomic mass is 32.2. The van der Waals surface area contributed by atoms with E-state index in [0.717, 1.165) is 11.8 Å². The predicted molar refractivity (Wildman–Crippen MR) is 84.6 cm³/mol. The number of aliphatic carboxylic acids is 2. The Morgan fingerprint density at radius 2 is 1.74 bits per heavy atom. The van der Waals surface area contributed by atoms with Crippen molar-refractivity contribution in [3.63, 3.8) is 0 Å². The van der Waals surface area contributed by atoms with Crippen molar-refractivity contribution in [2.45, 2.75) is 42.0 Å². The minimum absolute atomic E-state index is 0.0534. The molecule has 2 atom stereocenters. The summed E-state index contributed by atoms with van der Waals surface area (Å²) in [6, 6.07) is 0.301. The molecule has 0 heterocycles. The Labute approximate surface area is 137 Å². The lowest BCUT2D eigenvalue weighted by Gasteiger charge is -2.28. The first-order valence-corrected chi connectivity index (χ1v) is 7.48. The smallest absolute Gasteiger partial charge is 0.321 e. The maximum atomic E-state index is 11.0. The molecule has 0 amide bonds. The predicted octanol–water partition coefficient (Wildman–Crippen LogP) is 0.335. The van der Waals surface area contributed by atoms with Gasteiger partial charge in [-0.2, -0.15) is 0 Å². The Balaban J connectivity index is 3.13. The lowest BCUT2D eigenvalue weighted by Crippen LogP contribution is -2.46. The standard InChI is InChI=1S/C14H20N2O6S/c1-14(2,11(16)13(21)22)23-9-5-6(3-7(15)12(19)20)4-8(17)10(9)18/h4-5,7,11,17-18H,3,15-16H2,1-2H3,(H,19,20)(H,21,22)/t7-,11-/m0/s1. The number of benzene rings is 1. The molecule has 0 aliphatic carbocycles. The van der Waals surface area contributed by atoms with Gasteiger partial charge in [-0.15, -0.1) is 11.8 Å². The molecule has 0 spiro atoms. The maximum Gasteiger partial charge on any atom is 0.321 e. The first kappa shape index (κ1) is 19.1. The van der Waals surface area contributed by atoms with E-state index in [-0.39, 0.29) is 11.3 Å². The number of phenols is 2. The molecule has 0 saturated heterocycles. The van der Waals surface area contributed by atoms with Crippen molar-refractivity contribution in [3.8, 4) is 11.5 Å². The van der Waals surface area contributed by atoms with E-state index >= 15 is 0 Å². The number of phenolic OH excluding ortho intramolecular Hbond substituents is 2. The Kier molecular flexibility index (Phi) is 5.86. The van der Waals surface area contributed by atoms with Gasteiger partial charge in [-0.1, -0.05) is 0 Å². The molecular weight excluding hydrogens is 324 g/mol. The Morgan fingerprint density at radius 1 is 1.17 bits per heavy atom. The fourth-order valence-electron chi connectivity index (χ4n) is 1.83. The second-order valence-corrected chi connectivity index (χ2v) is 7.33. The third kappa shape index (κ3) is 4.75. The molecule has 8 N–H and O–H groups in total. The normalized spacial score (nSPS) is 14.3. The van der Waals surface area contributed by atoms with Crippen molar-refractivity contribution in [3.05, 3.63) is 17.7 Å². The molecule has 8 nitrogen and oxygen atoms in total. The fourth-order valence-corrected chi connectivity index (χ4v) is 3.04. The highest BCUT2D eigenvalue weighted by molar-refractivity contribution is 8.00. The van der Waals surface area contributed by atoms with E-state index in [1.807, 2.05) is 0 Å². The van der Waals surface area contributed by atoms with Crippen LogP contribution in [-0.4, -0.2) is 49.2 Å². The van der Waals surface area contributed by atoms with Crippen molar-refractivity contribution in [1.82, 2.24) is 0 Å². The van der Waals surface area contributed by atoms with Gasteiger partial charge in [0.1, 0.15) is 12.1 Å². The third-order valence-electron chi connectivity index (χ3n) is 3.28. The summed E-state index contributed by atoms with van der Waals surface area (Å²) in [7, 11) is 0. The average molecular weight is 344 g/mol. The molecule has 0 aliphatic rings. The molecule has 128 valence electrons. The molecule has 0 aliphatic heterocycles. The summed E-state index contributed by atoms with van der Waals surface area (Å²) in [5, 5.41) is 37.6. The zero-order valence-electron chi connectivity index (χ0n) is 12.7. The van der Waals surface area contributed by atoms with Crippen LogP contribution < -0.4 is 11.5 Å². The van der Waals surface area contributed by atoms with Crippen LogP contribution >= 0.6 is 11.8 Å². The molecule has 9 heteroatoms. The molecule has 1 rings (SSSR count). The Morgan fingerprint density at radius 3 is 2.22 bits per heavy atom. The molecule has 0 unspecified atom stereocenters. The second-order valence-electron chi connectivity index (χ2n) is 5.63. The van der Waals surface area contributed by atoms with Crippen molar-refractivity contribution in [2.75, 3.05) is 0 Å². The lowest BCUT2D eigenvalue weighted by molar-refractivity contribution is -0.139. The molecule has 0 radical (unpaired) electrons. The number of aromatic hydroxyl groups is 2. The van der Waals surface area contributed by atoms with Gasteiger partial charge in [0.15, 0.2) is 11.5 Å². The molecule has 1 aromatic rings. The summed E-state index contributed by atoms with van der Waals surface area (Å²) in [4.78, 5) is 22.0. The summed E-state index contributed by atoms with van der Waals surface area (Å²) in [6.07, 6.45) is -0.0534. The summed E-state index contributed by atoms with van der Waals surface area (Å²) in [5.74, 6) is -3.26. The molecule has 0 fully saturated rings. The summed E-state index contributed by atoms with van der Waals surface area (Å²) < 4.78 is -0.983. The topological polar surface area (TPSA) is 167 Å². The van der Waals surface area contributed by atoms with Crippen molar-refractivity contribution >= 4 is 23.7 Å². The van der Waals surface area contributed by atoms with Crippen LogP contribution in [0.15, 0.2) is 17.0 Å². The van der Waals surface area contributed by atoms with E-state index in [1.54, 1.807) is 13.8 Å². The zero-order chi connectivity index (χ0) is 17.9. The van der Waals surface area contributed by atoms with E-state index < -0.39 is 40.3 Å². The SMILES string of the molecule is CC(C)(Sc1cc(C[C@H](N)C(=O)O)cc(O)c1O)[C@@H](N)C(=O)O. The number of nitrogens with two attached hydrogens (primary N) is 2. The number of carboxylic acids is 2. The summed E-state index contributed by atoms with van der Waals surface area (Å²) in [6.45, 7) is 3.17. The van der Waals surface area contributed by atoms with Gasteiger partial charge < -0.3 is 31.9 Å². The second kappa shape index (κ2) is 7.07. The van der Waals surface area contributed by atoms with Gasteiger partial charge in [0.2, 0.25) is 0 Å². The van der Waals surface area contributed by atoms with Gasteiger partial charge in [0.25, 0.3) is 0 Å². The fraction of sp³-hybridized carbons (Fsp3) is 0.429. The van der Waals surface area contributed by atoms with Crippen molar-refractivity contribution in [2.24, 2.45) is 11.5 Å². The third-order valence-corrected chi connectivity index (χ3v) is 4.59. The van der Waals surface area contributed by atoms with Crippen LogP contribution in [0.3, 0.4) is 0 Å². The van der Waals surface area contributed by atoms with Gasteiger partial charge in [-0.25, -0.2) is 0 Å². The maximum absolute atomic E-state index is 11.0. The molecule has 1 aromatic carbocycles. The van der Waals surface area contributed by atoms with Crippen LogP contribution in [0.25, 0.3) is 0 Å². The number of rotatable bonds is 7. The van der Waals surface area contributed by atoms with E-state index in [4.69, 9.17) is 21.7 Å². The quantitative estimate of drug-likeness (QED) is 0.302. The first-order chi connectivity index (χ1) is 10.5. The van der Waals surface area contributed by atoms with Gasteiger partial charge in [0.05, 0.1) is 4.90 Å². The average Bonchev–Trinajstić information content (AvgIpc) is 2.42. The summed E-state index contributed by atoms with van der Waals surface area (Å²) in [5.41, 5.74) is 11.5. The van der Waals surface area contributed by atoms with Crippen molar-refractivity contribution < 1.29 is 30.0 Å². The van der Waals surface area contributed by atoms with Crippen LogP contribution in [0.2, 0.25) is 0 Å². The monoisotopic (exact) mass is 344 g/mol. The minimum Gasteiger partial charge on any atom is -0.504 e. The molecular formula is C14H20N2O6S. The number of thioether (sulfide) groups is 1. The number of carboxylic acid groups (broad SMARTS) is 2. The van der Waals surface area contributed by atoms with Gasteiger partial charge in [0, 0.05) is 4.75 Å². The largest absolute Gasteiger partial charge is 0.504 e. The van der Waals surface area contributed by atoms with Gasteiger partial charge in [-0.3, -0.25) is 9.59 Å². The lowest BCUT2D eigenvalue weighted by atomic mass is 10.0. The molecule has 0 aromatic heterocycles. The van der Waals surface area contributed by atoms with Crippen LogP contribution in [-0.2, 0) is 16.0 Å². The number of hydrogen-bond acceptors (Lipinski definition) is 7. The van der Waals surface area contributed by atoms with Crippen LogP contribution in [0.1, 0.15) is 19.4 Å². The Bertz CT molecular complexity index is 620. The summed E-state index contributed by atoms with van der Waals surface area (Å²) >= 11 is 0.969. The Hall–Kier alpha value is -1.97. The van der Waals surface area contributed by atoms with Crippen LogP contribution in [0.5, 0.6) is 11.5 Å². The van der Waals surface area contributed by atoms with Crippen molar-refractivity contribution in [1.29, 1.82) is 0 Å². The number of hydrogen-bond donors (Lipinski definition) is 6. The van der Waals surface area contributed by atoms with Gasteiger partial charge in [-0.05, 0) is 38.0 Å². The highest BCUT2D eigenvalue weighted by Crippen LogP contribution is 2.43. The minimum atomic E-state index is -1.21. The van der Waals surface area contributed by atoms with E-state index in [2.05, 4.69) is 0 Å². The molecule has 23 heavy (non-hydrogen) atoms. The van der Waals surface area contributed by atoms with E-state index in [9.17, 15) is 19.8 Å². The van der Waals surface area contributed by atoms with Crippen LogP contribution in [0, 0.1) is 0 Å².